The quantitative estimate of drug-likeness (QED) is 0.777. The van der Waals surface area contributed by atoms with Gasteiger partial charge in [0.15, 0.2) is 0 Å². The number of anilines is 2. The van der Waals surface area contributed by atoms with Crippen molar-refractivity contribution in [2.75, 3.05) is 36.4 Å². The van der Waals surface area contributed by atoms with Crippen molar-refractivity contribution in [2.45, 2.75) is 20.8 Å². The Bertz CT molecular complexity index is 358. The highest BCUT2D eigenvalue weighted by molar-refractivity contribution is 5.80. The monoisotopic (exact) mass is 249 g/mol. The normalized spacial score (nSPS) is 9.94. The summed E-state index contributed by atoms with van der Waals surface area (Å²) < 4.78 is 0. The first kappa shape index (κ1) is 14.4. The number of hydrogen-bond acceptors (Lipinski definition) is 3. The van der Waals surface area contributed by atoms with Gasteiger partial charge in [0.2, 0.25) is 5.91 Å². The number of rotatable bonds is 7. The molecular weight excluding hydrogens is 226 g/mol. The van der Waals surface area contributed by atoms with Crippen LogP contribution in [0.4, 0.5) is 11.4 Å². The Morgan fingerprint density at radius 2 is 1.72 bits per heavy atom. The van der Waals surface area contributed by atoms with E-state index in [4.69, 9.17) is 0 Å². The van der Waals surface area contributed by atoms with Gasteiger partial charge in [-0.2, -0.15) is 0 Å². The lowest BCUT2D eigenvalue weighted by atomic mass is 10.2. The van der Waals surface area contributed by atoms with Gasteiger partial charge in [-0.15, -0.1) is 0 Å². The second-order valence-corrected chi connectivity index (χ2v) is 4.03. The zero-order chi connectivity index (χ0) is 13.4. The van der Waals surface area contributed by atoms with Gasteiger partial charge in [-0.3, -0.25) is 4.79 Å². The summed E-state index contributed by atoms with van der Waals surface area (Å²) in [5, 5.41) is 5.85. The molecule has 0 bridgehead atoms. The summed E-state index contributed by atoms with van der Waals surface area (Å²) in [6.07, 6.45) is 0. The molecule has 0 aliphatic rings. The van der Waals surface area contributed by atoms with Crippen LogP contribution in [0.2, 0.25) is 0 Å². The van der Waals surface area contributed by atoms with Crippen LogP contribution in [0.1, 0.15) is 20.8 Å². The van der Waals surface area contributed by atoms with Crippen LogP contribution in [0, 0.1) is 0 Å². The maximum absolute atomic E-state index is 11.3. The van der Waals surface area contributed by atoms with E-state index in [9.17, 15) is 4.79 Å². The molecule has 18 heavy (non-hydrogen) atoms. The molecule has 1 rings (SSSR count). The third-order valence-corrected chi connectivity index (χ3v) is 2.82. The summed E-state index contributed by atoms with van der Waals surface area (Å²) in [7, 11) is 0. The average molecular weight is 249 g/mol. The van der Waals surface area contributed by atoms with Crippen molar-refractivity contribution < 1.29 is 4.79 Å². The number of benzene rings is 1. The Hall–Kier alpha value is -1.71. The maximum atomic E-state index is 11.3. The lowest BCUT2D eigenvalue weighted by molar-refractivity contribution is -0.119. The molecule has 2 N–H and O–H groups in total. The molecule has 1 aromatic rings. The number of hydrogen-bond donors (Lipinski definition) is 2. The fourth-order valence-corrected chi connectivity index (χ4v) is 1.82. The first-order valence-corrected chi connectivity index (χ1v) is 6.56. The standard InChI is InChI=1S/C14H23N3O/c1-4-15-14(18)11-16-12-7-9-13(10-8-12)17(5-2)6-3/h7-10,16H,4-6,11H2,1-3H3,(H,15,18). The van der Waals surface area contributed by atoms with E-state index in [1.54, 1.807) is 0 Å². The van der Waals surface area contributed by atoms with Crippen molar-refractivity contribution in [1.29, 1.82) is 0 Å². The fraction of sp³-hybridized carbons (Fsp3) is 0.500. The third-order valence-electron chi connectivity index (χ3n) is 2.82. The Balaban J connectivity index is 2.52. The van der Waals surface area contributed by atoms with Crippen LogP contribution in [-0.2, 0) is 4.79 Å². The smallest absolute Gasteiger partial charge is 0.239 e. The van der Waals surface area contributed by atoms with Gasteiger partial charge in [-0.05, 0) is 45.0 Å². The topological polar surface area (TPSA) is 44.4 Å². The van der Waals surface area contributed by atoms with E-state index < -0.39 is 0 Å². The lowest BCUT2D eigenvalue weighted by Gasteiger charge is -2.21. The van der Waals surface area contributed by atoms with Crippen molar-refractivity contribution >= 4 is 17.3 Å². The minimum atomic E-state index is 0.0188. The number of nitrogens with one attached hydrogen (secondary N) is 2. The predicted octanol–water partition coefficient (Wildman–Crippen LogP) is 2.08. The van der Waals surface area contributed by atoms with Crippen molar-refractivity contribution in [2.24, 2.45) is 0 Å². The Kier molecular flexibility index (Phi) is 6.05. The molecule has 4 nitrogen and oxygen atoms in total. The van der Waals surface area contributed by atoms with Gasteiger partial charge in [0.1, 0.15) is 0 Å². The van der Waals surface area contributed by atoms with Crippen LogP contribution < -0.4 is 15.5 Å². The van der Waals surface area contributed by atoms with Crippen LogP contribution in [0.15, 0.2) is 24.3 Å². The van der Waals surface area contributed by atoms with Crippen LogP contribution in [-0.4, -0.2) is 32.1 Å². The molecule has 0 fully saturated rings. The van der Waals surface area contributed by atoms with Crippen molar-refractivity contribution in [3.63, 3.8) is 0 Å². The minimum absolute atomic E-state index is 0.0188. The molecular formula is C14H23N3O. The van der Waals surface area contributed by atoms with Crippen molar-refractivity contribution in [3.8, 4) is 0 Å². The molecule has 4 heteroatoms. The number of carbonyl (C=O) groups is 1. The Morgan fingerprint density at radius 1 is 1.11 bits per heavy atom. The molecule has 0 radical (unpaired) electrons. The minimum Gasteiger partial charge on any atom is -0.376 e. The highest BCUT2D eigenvalue weighted by Gasteiger charge is 2.02. The highest BCUT2D eigenvalue weighted by Crippen LogP contribution is 2.17. The summed E-state index contributed by atoms with van der Waals surface area (Å²) >= 11 is 0. The van der Waals surface area contributed by atoms with E-state index in [1.165, 1.54) is 5.69 Å². The van der Waals surface area contributed by atoms with E-state index in [2.05, 4.69) is 41.5 Å². The molecule has 0 atom stereocenters. The molecule has 1 amide bonds. The molecule has 1 aromatic carbocycles. The Morgan fingerprint density at radius 3 is 2.22 bits per heavy atom. The van der Waals surface area contributed by atoms with Gasteiger partial charge in [0, 0.05) is 31.0 Å². The molecule has 0 unspecified atom stereocenters. The zero-order valence-electron chi connectivity index (χ0n) is 11.5. The Labute approximate surface area is 109 Å². The lowest BCUT2D eigenvalue weighted by Crippen LogP contribution is -2.29. The van der Waals surface area contributed by atoms with Crippen LogP contribution in [0.5, 0.6) is 0 Å². The highest BCUT2D eigenvalue weighted by atomic mass is 16.1. The van der Waals surface area contributed by atoms with E-state index in [-0.39, 0.29) is 5.91 Å². The second kappa shape index (κ2) is 7.58. The molecule has 0 aromatic heterocycles. The van der Waals surface area contributed by atoms with Gasteiger partial charge in [-0.25, -0.2) is 0 Å². The van der Waals surface area contributed by atoms with Crippen molar-refractivity contribution in [3.05, 3.63) is 24.3 Å². The first-order chi connectivity index (χ1) is 8.71. The SMILES string of the molecule is CCNC(=O)CNc1ccc(N(CC)CC)cc1. The van der Waals surface area contributed by atoms with Crippen LogP contribution in [0.3, 0.4) is 0 Å². The molecule has 100 valence electrons. The molecule has 0 aliphatic carbocycles. The number of nitrogens with zero attached hydrogens (tertiary/aromatic N) is 1. The van der Waals surface area contributed by atoms with E-state index in [1.807, 2.05) is 19.1 Å². The third kappa shape index (κ3) is 4.28. The number of likely N-dealkylation sites (N-methyl/N-ethyl adjacent to an activating group) is 1. The average Bonchev–Trinajstić information content (AvgIpc) is 2.39. The summed E-state index contributed by atoms with van der Waals surface area (Å²) in [5.74, 6) is 0.0188. The maximum Gasteiger partial charge on any atom is 0.239 e. The van der Waals surface area contributed by atoms with Gasteiger partial charge in [0.25, 0.3) is 0 Å². The van der Waals surface area contributed by atoms with E-state index in [0.29, 0.717) is 13.1 Å². The molecule has 0 saturated heterocycles. The largest absolute Gasteiger partial charge is 0.376 e. The molecule has 0 heterocycles. The predicted molar refractivity (Wildman–Crippen MR) is 77.2 cm³/mol. The number of amides is 1. The van der Waals surface area contributed by atoms with Crippen molar-refractivity contribution in [1.82, 2.24) is 5.32 Å². The van der Waals surface area contributed by atoms with Crippen LogP contribution >= 0.6 is 0 Å². The summed E-state index contributed by atoms with van der Waals surface area (Å²) in [6, 6.07) is 8.17. The van der Waals surface area contributed by atoms with Gasteiger partial charge >= 0.3 is 0 Å². The number of carbonyl (C=O) groups excluding carboxylic acids is 1. The van der Waals surface area contributed by atoms with Gasteiger partial charge in [0.05, 0.1) is 6.54 Å². The zero-order valence-corrected chi connectivity index (χ0v) is 11.5. The van der Waals surface area contributed by atoms with E-state index >= 15 is 0 Å². The summed E-state index contributed by atoms with van der Waals surface area (Å²) in [6.45, 7) is 9.19. The fourth-order valence-electron chi connectivity index (χ4n) is 1.82. The molecule has 0 saturated carbocycles. The van der Waals surface area contributed by atoms with Gasteiger partial charge < -0.3 is 15.5 Å². The van der Waals surface area contributed by atoms with E-state index in [0.717, 1.165) is 18.8 Å². The summed E-state index contributed by atoms with van der Waals surface area (Å²) in [5.41, 5.74) is 2.18. The van der Waals surface area contributed by atoms with Crippen LogP contribution in [0.25, 0.3) is 0 Å². The molecule has 0 spiro atoms. The van der Waals surface area contributed by atoms with Gasteiger partial charge in [-0.1, -0.05) is 0 Å². The second-order valence-electron chi connectivity index (χ2n) is 4.03. The molecule has 0 aliphatic heterocycles. The summed E-state index contributed by atoms with van der Waals surface area (Å²) in [4.78, 5) is 13.6. The first-order valence-electron chi connectivity index (χ1n) is 6.56.